The molecule has 2 N–H and O–H groups in total. The number of rotatable bonds is 6. The molecule has 0 aromatic heterocycles. The summed E-state index contributed by atoms with van der Waals surface area (Å²) in [5, 5.41) is 16.4. The van der Waals surface area contributed by atoms with Crippen molar-refractivity contribution in [2.24, 2.45) is 0 Å². The van der Waals surface area contributed by atoms with Gasteiger partial charge in [0.1, 0.15) is 5.69 Å². The maximum absolute atomic E-state index is 12.1. The van der Waals surface area contributed by atoms with Gasteiger partial charge in [0.25, 0.3) is 11.6 Å². The fourth-order valence-electron chi connectivity index (χ4n) is 3.08. The normalized spacial score (nSPS) is 12.2. The van der Waals surface area contributed by atoms with Crippen molar-refractivity contribution in [1.82, 2.24) is 0 Å². The highest BCUT2D eigenvalue weighted by Crippen LogP contribution is 2.26. The molecule has 27 heavy (non-hydrogen) atoms. The monoisotopic (exact) mass is 369 g/mol. The first-order valence-electron chi connectivity index (χ1n) is 8.53. The van der Waals surface area contributed by atoms with Crippen molar-refractivity contribution < 1.29 is 19.2 Å². The Morgan fingerprint density at radius 2 is 1.93 bits per heavy atom. The molecule has 0 aliphatic heterocycles. The van der Waals surface area contributed by atoms with Gasteiger partial charge in [-0.3, -0.25) is 14.9 Å². The molecular weight excluding hydrogens is 350 g/mol. The van der Waals surface area contributed by atoms with E-state index in [0.717, 1.165) is 25.3 Å². The molecule has 1 aliphatic carbocycles. The molecule has 1 aliphatic rings. The third-order valence-corrected chi connectivity index (χ3v) is 4.42. The lowest BCUT2D eigenvalue weighted by atomic mass is 10.1. The van der Waals surface area contributed by atoms with Crippen LogP contribution in [0.5, 0.6) is 0 Å². The zero-order valence-corrected chi connectivity index (χ0v) is 14.8. The molecule has 0 bridgehead atoms. The lowest BCUT2D eigenvalue weighted by Crippen LogP contribution is -2.21. The van der Waals surface area contributed by atoms with Crippen LogP contribution in [0.15, 0.2) is 36.4 Å². The first kappa shape index (κ1) is 18.4. The number of amides is 1. The van der Waals surface area contributed by atoms with E-state index >= 15 is 0 Å². The minimum Gasteiger partial charge on any atom is -0.452 e. The van der Waals surface area contributed by atoms with Crippen molar-refractivity contribution in [2.45, 2.75) is 19.3 Å². The predicted molar refractivity (Wildman–Crippen MR) is 100 cm³/mol. The molecule has 2 aromatic carbocycles. The molecule has 0 unspecified atom stereocenters. The molecule has 0 saturated heterocycles. The maximum atomic E-state index is 12.1. The van der Waals surface area contributed by atoms with Crippen molar-refractivity contribution in [3.63, 3.8) is 0 Å². The van der Waals surface area contributed by atoms with Gasteiger partial charge in [0.15, 0.2) is 6.61 Å². The summed E-state index contributed by atoms with van der Waals surface area (Å²) in [5.41, 5.74) is 3.23. The van der Waals surface area contributed by atoms with Gasteiger partial charge in [0.2, 0.25) is 0 Å². The second-order valence-corrected chi connectivity index (χ2v) is 6.20. The van der Waals surface area contributed by atoms with E-state index in [4.69, 9.17) is 4.74 Å². The maximum Gasteiger partial charge on any atom is 0.338 e. The number of ether oxygens (including phenoxy) is 1. The predicted octanol–water partition coefficient (Wildman–Crippen LogP) is 2.92. The van der Waals surface area contributed by atoms with Crippen LogP contribution in [0.1, 0.15) is 27.9 Å². The van der Waals surface area contributed by atoms with Gasteiger partial charge < -0.3 is 15.4 Å². The van der Waals surface area contributed by atoms with E-state index in [1.54, 1.807) is 7.05 Å². The van der Waals surface area contributed by atoms with E-state index in [1.807, 2.05) is 18.2 Å². The molecule has 3 rings (SSSR count). The van der Waals surface area contributed by atoms with Gasteiger partial charge in [-0.05, 0) is 54.7 Å². The van der Waals surface area contributed by atoms with Crippen LogP contribution in [-0.2, 0) is 22.4 Å². The van der Waals surface area contributed by atoms with Crippen LogP contribution in [0.4, 0.5) is 17.1 Å². The Labute approximate surface area is 155 Å². The summed E-state index contributed by atoms with van der Waals surface area (Å²) in [6.45, 7) is -0.475. The van der Waals surface area contributed by atoms with Crippen LogP contribution < -0.4 is 10.6 Å². The number of aryl methyl sites for hydroxylation is 2. The van der Waals surface area contributed by atoms with E-state index in [1.165, 1.54) is 23.3 Å². The number of hydrogen-bond donors (Lipinski definition) is 2. The Bertz CT molecular complexity index is 910. The number of nitro groups is 1. The van der Waals surface area contributed by atoms with Crippen LogP contribution in [0, 0.1) is 10.1 Å². The fraction of sp³-hybridized carbons (Fsp3) is 0.263. The largest absolute Gasteiger partial charge is 0.452 e. The van der Waals surface area contributed by atoms with E-state index in [2.05, 4.69) is 10.6 Å². The Kier molecular flexibility index (Phi) is 5.35. The van der Waals surface area contributed by atoms with Crippen molar-refractivity contribution >= 4 is 28.9 Å². The van der Waals surface area contributed by atoms with Gasteiger partial charge in [0, 0.05) is 18.8 Å². The van der Waals surface area contributed by atoms with Crippen LogP contribution in [0.25, 0.3) is 0 Å². The van der Waals surface area contributed by atoms with E-state index < -0.39 is 23.4 Å². The molecule has 140 valence electrons. The molecule has 0 spiro atoms. The number of carbonyl (C=O) groups is 2. The highest BCUT2D eigenvalue weighted by molar-refractivity contribution is 5.96. The average molecular weight is 369 g/mol. The van der Waals surface area contributed by atoms with Gasteiger partial charge in [-0.1, -0.05) is 6.07 Å². The Morgan fingerprint density at radius 3 is 2.67 bits per heavy atom. The lowest BCUT2D eigenvalue weighted by molar-refractivity contribution is -0.384. The van der Waals surface area contributed by atoms with Gasteiger partial charge in [-0.2, -0.15) is 0 Å². The SMILES string of the molecule is CNc1ccc(C(=O)OCC(=O)Nc2ccc3c(c2)CCC3)cc1[N+](=O)[O-]. The molecule has 0 saturated carbocycles. The highest BCUT2D eigenvalue weighted by Gasteiger charge is 2.18. The number of anilines is 2. The van der Waals surface area contributed by atoms with Crippen molar-refractivity contribution in [3.8, 4) is 0 Å². The summed E-state index contributed by atoms with van der Waals surface area (Å²) in [6, 6.07) is 9.68. The number of nitrogens with zero attached hydrogens (tertiary/aromatic N) is 1. The lowest BCUT2D eigenvalue weighted by Gasteiger charge is -2.09. The first-order chi connectivity index (χ1) is 13.0. The van der Waals surface area contributed by atoms with Gasteiger partial charge >= 0.3 is 5.97 Å². The summed E-state index contributed by atoms with van der Waals surface area (Å²) in [5.74, 6) is -1.27. The third kappa shape index (κ3) is 4.22. The fourth-order valence-corrected chi connectivity index (χ4v) is 3.08. The standard InChI is InChI=1S/C19H19N3O5/c1-20-16-8-6-14(10-17(16)22(25)26)19(24)27-11-18(23)21-15-7-5-12-3-2-4-13(12)9-15/h5-10,20H,2-4,11H2,1H3,(H,21,23). The minimum atomic E-state index is -0.801. The molecular formula is C19H19N3O5. The van der Waals surface area contributed by atoms with Crippen LogP contribution in [0.2, 0.25) is 0 Å². The number of fused-ring (bicyclic) bond motifs is 1. The first-order valence-corrected chi connectivity index (χ1v) is 8.53. The summed E-state index contributed by atoms with van der Waals surface area (Å²) >= 11 is 0. The van der Waals surface area contributed by atoms with Crippen molar-refractivity contribution in [2.75, 3.05) is 24.3 Å². The Morgan fingerprint density at radius 1 is 1.15 bits per heavy atom. The smallest absolute Gasteiger partial charge is 0.338 e. The summed E-state index contributed by atoms with van der Waals surface area (Å²) in [6.07, 6.45) is 3.16. The summed E-state index contributed by atoms with van der Waals surface area (Å²) < 4.78 is 4.97. The molecule has 0 atom stereocenters. The van der Waals surface area contributed by atoms with E-state index in [-0.39, 0.29) is 16.9 Å². The quantitative estimate of drug-likeness (QED) is 0.460. The number of nitro benzene ring substituents is 1. The van der Waals surface area contributed by atoms with Gasteiger partial charge in [-0.25, -0.2) is 4.79 Å². The Balaban J connectivity index is 1.59. The second-order valence-electron chi connectivity index (χ2n) is 6.20. The topological polar surface area (TPSA) is 111 Å². The number of nitrogens with one attached hydrogen (secondary N) is 2. The molecule has 2 aromatic rings. The number of hydrogen-bond acceptors (Lipinski definition) is 6. The highest BCUT2D eigenvalue weighted by atomic mass is 16.6. The molecule has 0 radical (unpaired) electrons. The summed E-state index contributed by atoms with van der Waals surface area (Å²) in [4.78, 5) is 34.6. The van der Waals surface area contributed by atoms with Crippen LogP contribution in [-0.4, -0.2) is 30.5 Å². The molecule has 1 amide bonds. The van der Waals surface area contributed by atoms with E-state index in [9.17, 15) is 19.7 Å². The van der Waals surface area contributed by atoms with Crippen molar-refractivity contribution in [3.05, 3.63) is 63.2 Å². The molecule has 8 nitrogen and oxygen atoms in total. The van der Waals surface area contributed by atoms with E-state index in [0.29, 0.717) is 5.69 Å². The number of benzene rings is 2. The molecule has 0 heterocycles. The average Bonchev–Trinajstić information content (AvgIpc) is 3.13. The zero-order chi connectivity index (χ0) is 19.4. The van der Waals surface area contributed by atoms with Crippen molar-refractivity contribution in [1.29, 1.82) is 0 Å². The zero-order valence-electron chi connectivity index (χ0n) is 14.8. The summed E-state index contributed by atoms with van der Waals surface area (Å²) in [7, 11) is 1.55. The molecule has 8 heteroatoms. The third-order valence-electron chi connectivity index (χ3n) is 4.42. The minimum absolute atomic E-state index is 0.00558. The number of carbonyl (C=O) groups excluding carboxylic acids is 2. The Hall–Kier alpha value is -3.42. The second kappa shape index (κ2) is 7.86. The molecule has 0 fully saturated rings. The number of esters is 1. The van der Waals surface area contributed by atoms with Crippen LogP contribution >= 0.6 is 0 Å². The van der Waals surface area contributed by atoms with Crippen LogP contribution in [0.3, 0.4) is 0 Å². The van der Waals surface area contributed by atoms with Gasteiger partial charge in [-0.15, -0.1) is 0 Å². The van der Waals surface area contributed by atoms with Gasteiger partial charge in [0.05, 0.1) is 10.5 Å².